The van der Waals surface area contributed by atoms with Crippen LogP contribution in [0.5, 0.6) is 0 Å². The van der Waals surface area contributed by atoms with Gasteiger partial charge in [-0.05, 0) is 73.1 Å². The Hall–Kier alpha value is -6.71. The molecule has 234 valence electrons. The van der Waals surface area contributed by atoms with E-state index in [0.29, 0.717) is 17.5 Å². The molecule has 3 nitrogen and oxygen atoms in total. The van der Waals surface area contributed by atoms with Gasteiger partial charge in [0.2, 0.25) is 0 Å². The molecule has 0 saturated heterocycles. The van der Waals surface area contributed by atoms with Gasteiger partial charge in [0.05, 0.1) is 0 Å². The molecule has 0 N–H and O–H groups in total. The SMILES string of the molecule is c1ccc(-c2cccc(-c3nc(-c4ccc5cccc(-c6ccc7ccccc7c6)c5c4)nc(-c4ccccc4-c4ccccc4)n3)c2)cc1. The van der Waals surface area contributed by atoms with Gasteiger partial charge in [-0.15, -0.1) is 0 Å². The first-order valence-corrected chi connectivity index (χ1v) is 16.9. The van der Waals surface area contributed by atoms with E-state index >= 15 is 0 Å². The van der Waals surface area contributed by atoms with Crippen molar-refractivity contribution in [2.45, 2.75) is 0 Å². The minimum absolute atomic E-state index is 0.633. The fourth-order valence-electron chi connectivity index (χ4n) is 6.79. The molecule has 9 aromatic rings. The molecule has 3 heteroatoms. The van der Waals surface area contributed by atoms with E-state index in [-0.39, 0.29) is 0 Å². The van der Waals surface area contributed by atoms with Gasteiger partial charge >= 0.3 is 0 Å². The van der Waals surface area contributed by atoms with Crippen LogP contribution in [-0.4, -0.2) is 15.0 Å². The van der Waals surface area contributed by atoms with E-state index in [9.17, 15) is 0 Å². The van der Waals surface area contributed by atoms with Crippen molar-refractivity contribution >= 4 is 21.5 Å². The van der Waals surface area contributed by atoms with E-state index in [1.807, 2.05) is 18.2 Å². The number of fused-ring (bicyclic) bond motifs is 2. The van der Waals surface area contributed by atoms with E-state index in [2.05, 4.69) is 170 Å². The maximum Gasteiger partial charge on any atom is 0.164 e. The van der Waals surface area contributed by atoms with Crippen molar-refractivity contribution in [2.24, 2.45) is 0 Å². The number of aromatic nitrogens is 3. The second-order valence-electron chi connectivity index (χ2n) is 12.5. The van der Waals surface area contributed by atoms with Gasteiger partial charge in [0, 0.05) is 16.7 Å². The molecule has 0 bridgehead atoms. The largest absolute Gasteiger partial charge is 0.208 e. The first-order valence-electron chi connectivity index (χ1n) is 16.9. The summed E-state index contributed by atoms with van der Waals surface area (Å²) < 4.78 is 0. The number of benzene rings is 8. The average Bonchev–Trinajstić information content (AvgIpc) is 3.21. The van der Waals surface area contributed by atoms with E-state index in [4.69, 9.17) is 15.0 Å². The van der Waals surface area contributed by atoms with Crippen molar-refractivity contribution in [3.8, 4) is 67.5 Å². The molecule has 0 saturated carbocycles. The molecule has 0 radical (unpaired) electrons. The first-order chi connectivity index (χ1) is 24.8. The van der Waals surface area contributed by atoms with E-state index in [1.165, 1.54) is 27.3 Å². The zero-order chi connectivity index (χ0) is 33.3. The molecular formula is C47H31N3. The molecule has 0 atom stereocenters. The Morgan fingerprint density at radius 1 is 0.240 bits per heavy atom. The maximum absolute atomic E-state index is 5.19. The Kier molecular flexibility index (Phi) is 7.49. The summed E-state index contributed by atoms with van der Waals surface area (Å²) in [6.07, 6.45) is 0. The quantitative estimate of drug-likeness (QED) is 0.182. The summed E-state index contributed by atoms with van der Waals surface area (Å²) in [5.41, 5.74) is 9.64. The summed E-state index contributed by atoms with van der Waals surface area (Å²) in [5, 5.41) is 4.77. The monoisotopic (exact) mass is 637 g/mol. The molecule has 50 heavy (non-hydrogen) atoms. The van der Waals surface area contributed by atoms with Crippen LogP contribution in [0.3, 0.4) is 0 Å². The van der Waals surface area contributed by atoms with Gasteiger partial charge in [-0.25, -0.2) is 15.0 Å². The van der Waals surface area contributed by atoms with Crippen LogP contribution in [0.4, 0.5) is 0 Å². The third-order valence-electron chi connectivity index (χ3n) is 9.32. The molecule has 1 aromatic heterocycles. The van der Waals surface area contributed by atoms with Crippen LogP contribution in [0.15, 0.2) is 188 Å². The minimum atomic E-state index is 0.633. The Labute approximate surface area is 291 Å². The molecular weight excluding hydrogens is 607 g/mol. The van der Waals surface area contributed by atoms with Crippen LogP contribution in [-0.2, 0) is 0 Å². The molecule has 0 spiro atoms. The van der Waals surface area contributed by atoms with Crippen LogP contribution < -0.4 is 0 Å². The number of hydrogen-bond acceptors (Lipinski definition) is 3. The smallest absolute Gasteiger partial charge is 0.164 e. The lowest BCUT2D eigenvalue weighted by atomic mass is 9.95. The zero-order valence-corrected chi connectivity index (χ0v) is 27.2. The summed E-state index contributed by atoms with van der Waals surface area (Å²) in [5.74, 6) is 1.90. The third-order valence-corrected chi connectivity index (χ3v) is 9.32. The topological polar surface area (TPSA) is 38.7 Å². The van der Waals surface area contributed by atoms with Gasteiger partial charge in [-0.1, -0.05) is 170 Å². The summed E-state index contributed by atoms with van der Waals surface area (Å²) in [6, 6.07) is 65.8. The Balaban J connectivity index is 1.24. The van der Waals surface area contributed by atoms with Gasteiger partial charge < -0.3 is 0 Å². The second kappa shape index (κ2) is 12.7. The summed E-state index contributed by atoms with van der Waals surface area (Å²) in [7, 11) is 0. The van der Waals surface area contributed by atoms with Gasteiger partial charge in [-0.3, -0.25) is 0 Å². The molecule has 0 aliphatic rings. The second-order valence-corrected chi connectivity index (χ2v) is 12.5. The van der Waals surface area contributed by atoms with E-state index in [1.54, 1.807) is 0 Å². The maximum atomic E-state index is 5.19. The Morgan fingerprint density at radius 3 is 1.56 bits per heavy atom. The first kappa shape index (κ1) is 29.4. The van der Waals surface area contributed by atoms with Gasteiger partial charge in [0.25, 0.3) is 0 Å². The highest BCUT2D eigenvalue weighted by Crippen LogP contribution is 2.36. The summed E-state index contributed by atoms with van der Waals surface area (Å²) >= 11 is 0. The Morgan fingerprint density at radius 2 is 0.760 bits per heavy atom. The third kappa shape index (κ3) is 5.61. The number of nitrogens with zero attached hydrogens (tertiary/aromatic N) is 3. The van der Waals surface area contributed by atoms with Crippen molar-refractivity contribution in [1.82, 2.24) is 15.0 Å². The minimum Gasteiger partial charge on any atom is -0.208 e. The van der Waals surface area contributed by atoms with Gasteiger partial charge in [0.15, 0.2) is 17.5 Å². The van der Waals surface area contributed by atoms with Crippen molar-refractivity contribution in [1.29, 1.82) is 0 Å². The molecule has 0 unspecified atom stereocenters. The zero-order valence-electron chi connectivity index (χ0n) is 27.2. The highest BCUT2D eigenvalue weighted by Gasteiger charge is 2.17. The molecule has 0 amide bonds. The van der Waals surface area contributed by atoms with E-state index in [0.717, 1.165) is 44.3 Å². The molecule has 0 aliphatic carbocycles. The lowest BCUT2D eigenvalue weighted by Crippen LogP contribution is -2.01. The van der Waals surface area contributed by atoms with Crippen LogP contribution >= 0.6 is 0 Å². The van der Waals surface area contributed by atoms with Crippen molar-refractivity contribution in [2.75, 3.05) is 0 Å². The van der Waals surface area contributed by atoms with Gasteiger partial charge in [-0.2, -0.15) is 0 Å². The van der Waals surface area contributed by atoms with Crippen LogP contribution in [0.2, 0.25) is 0 Å². The van der Waals surface area contributed by atoms with Crippen LogP contribution in [0.25, 0.3) is 89.1 Å². The molecule has 0 fully saturated rings. The van der Waals surface area contributed by atoms with E-state index < -0.39 is 0 Å². The highest BCUT2D eigenvalue weighted by molar-refractivity contribution is 6.00. The highest BCUT2D eigenvalue weighted by atomic mass is 15.0. The molecule has 9 rings (SSSR count). The fourth-order valence-corrected chi connectivity index (χ4v) is 6.79. The van der Waals surface area contributed by atoms with Crippen molar-refractivity contribution in [3.05, 3.63) is 188 Å². The molecule has 8 aromatic carbocycles. The van der Waals surface area contributed by atoms with Crippen molar-refractivity contribution in [3.63, 3.8) is 0 Å². The Bertz CT molecular complexity index is 2650. The standard InChI is InChI=1S/C47H31N3/c1-3-13-32(14-4-1)37-20-11-21-39(30-37)45-48-46(50-47(49-45)43-23-10-9-22-41(43)34-16-5-2-6-17-34)40-28-26-35-19-12-24-42(44(35)31-40)38-27-25-33-15-7-8-18-36(33)29-38/h1-31H. The number of hydrogen-bond donors (Lipinski definition) is 0. The van der Waals surface area contributed by atoms with Crippen LogP contribution in [0, 0.1) is 0 Å². The fraction of sp³-hybridized carbons (Fsp3) is 0. The summed E-state index contributed by atoms with van der Waals surface area (Å²) in [6.45, 7) is 0. The lowest BCUT2D eigenvalue weighted by molar-refractivity contribution is 1.07. The predicted octanol–water partition coefficient (Wildman–Crippen LogP) is 12.2. The summed E-state index contributed by atoms with van der Waals surface area (Å²) in [4.78, 5) is 15.5. The lowest BCUT2D eigenvalue weighted by Gasteiger charge is -2.13. The van der Waals surface area contributed by atoms with Gasteiger partial charge in [0.1, 0.15) is 0 Å². The van der Waals surface area contributed by atoms with Crippen LogP contribution in [0.1, 0.15) is 0 Å². The molecule has 0 aliphatic heterocycles. The molecule has 1 heterocycles. The number of rotatable bonds is 6. The van der Waals surface area contributed by atoms with Crippen molar-refractivity contribution < 1.29 is 0 Å². The normalized spacial score (nSPS) is 11.2. The predicted molar refractivity (Wildman–Crippen MR) is 207 cm³/mol. The average molecular weight is 638 g/mol.